The number of hydrogen-bond acceptors (Lipinski definition) is 4. The molecule has 0 amide bonds. The maximum Gasteiger partial charge on any atom is 0.110 e. The average Bonchev–Trinajstić information content (AvgIpc) is 2.76. The van der Waals surface area contributed by atoms with Crippen LogP contribution in [0.1, 0.15) is 42.7 Å². The van der Waals surface area contributed by atoms with Crippen LogP contribution in [-0.2, 0) is 13.0 Å². The zero-order chi connectivity index (χ0) is 13.0. The first-order chi connectivity index (χ1) is 8.81. The van der Waals surface area contributed by atoms with Gasteiger partial charge in [-0.2, -0.15) is 5.26 Å². The Bertz CT molecular complexity index is 439. The first-order valence-electron chi connectivity index (χ1n) is 6.82. The summed E-state index contributed by atoms with van der Waals surface area (Å²) in [6, 6.07) is 2.44. The van der Waals surface area contributed by atoms with Gasteiger partial charge in [-0.05, 0) is 31.4 Å². The highest BCUT2D eigenvalue weighted by molar-refractivity contribution is 7.16. The summed E-state index contributed by atoms with van der Waals surface area (Å²) in [6.45, 7) is 8.43. The molecule has 0 unspecified atom stereocenters. The van der Waals surface area contributed by atoms with E-state index in [0.29, 0.717) is 0 Å². The molecule has 2 rings (SSSR count). The number of anilines is 1. The van der Waals surface area contributed by atoms with E-state index >= 15 is 0 Å². The fourth-order valence-corrected chi connectivity index (χ4v) is 3.83. The standard InChI is InChI=1S/C14H21N3S/c1-3-7-17(8-4-2)14-12(9-15)11-5-6-16-10-13(11)18-14/h16H,3-8,10H2,1-2H3. The van der Waals surface area contributed by atoms with Gasteiger partial charge in [0.15, 0.2) is 0 Å². The van der Waals surface area contributed by atoms with Crippen molar-refractivity contribution in [3.05, 3.63) is 16.0 Å². The first kappa shape index (κ1) is 13.4. The molecule has 0 aromatic carbocycles. The molecule has 0 fully saturated rings. The molecule has 98 valence electrons. The monoisotopic (exact) mass is 263 g/mol. The fraction of sp³-hybridized carbons (Fsp3) is 0.643. The van der Waals surface area contributed by atoms with Crippen LogP contribution in [0.2, 0.25) is 0 Å². The molecule has 0 atom stereocenters. The molecule has 1 aromatic rings. The van der Waals surface area contributed by atoms with Crippen LogP contribution in [0.25, 0.3) is 0 Å². The number of nitrogens with zero attached hydrogens (tertiary/aromatic N) is 2. The Kier molecular flexibility index (Phi) is 4.62. The van der Waals surface area contributed by atoms with E-state index in [4.69, 9.17) is 0 Å². The number of nitrogens with one attached hydrogen (secondary N) is 1. The summed E-state index contributed by atoms with van der Waals surface area (Å²) in [4.78, 5) is 3.76. The van der Waals surface area contributed by atoms with Crippen molar-refractivity contribution in [2.24, 2.45) is 0 Å². The lowest BCUT2D eigenvalue weighted by molar-refractivity contribution is 0.653. The second-order valence-corrected chi connectivity index (χ2v) is 5.79. The minimum Gasteiger partial charge on any atom is -0.362 e. The Morgan fingerprint density at radius 1 is 1.33 bits per heavy atom. The molecule has 0 saturated heterocycles. The quantitative estimate of drug-likeness (QED) is 0.888. The number of nitriles is 1. The molecule has 18 heavy (non-hydrogen) atoms. The van der Waals surface area contributed by atoms with Gasteiger partial charge in [-0.3, -0.25) is 0 Å². The Morgan fingerprint density at radius 2 is 2.06 bits per heavy atom. The summed E-state index contributed by atoms with van der Waals surface area (Å²) in [7, 11) is 0. The largest absolute Gasteiger partial charge is 0.362 e. The summed E-state index contributed by atoms with van der Waals surface area (Å²) in [5.74, 6) is 0. The molecule has 0 aliphatic carbocycles. The molecular weight excluding hydrogens is 242 g/mol. The van der Waals surface area contributed by atoms with Gasteiger partial charge >= 0.3 is 0 Å². The topological polar surface area (TPSA) is 39.1 Å². The summed E-state index contributed by atoms with van der Waals surface area (Å²) in [5, 5.41) is 14.1. The van der Waals surface area contributed by atoms with Gasteiger partial charge in [0.25, 0.3) is 0 Å². The van der Waals surface area contributed by atoms with Crippen LogP contribution in [0, 0.1) is 11.3 Å². The van der Waals surface area contributed by atoms with E-state index in [-0.39, 0.29) is 0 Å². The summed E-state index contributed by atoms with van der Waals surface area (Å²) >= 11 is 1.82. The SMILES string of the molecule is CCCN(CCC)c1sc2c(c1C#N)CCNC2. The molecule has 0 spiro atoms. The van der Waals surface area contributed by atoms with Crippen LogP contribution in [-0.4, -0.2) is 19.6 Å². The van der Waals surface area contributed by atoms with Crippen molar-refractivity contribution in [3.63, 3.8) is 0 Å². The lowest BCUT2D eigenvalue weighted by Gasteiger charge is -2.22. The second-order valence-electron chi connectivity index (χ2n) is 4.71. The second kappa shape index (κ2) is 6.21. The maximum atomic E-state index is 9.46. The lowest BCUT2D eigenvalue weighted by Crippen LogP contribution is -2.25. The van der Waals surface area contributed by atoms with Crippen molar-refractivity contribution in [2.75, 3.05) is 24.5 Å². The molecule has 2 heterocycles. The van der Waals surface area contributed by atoms with Gasteiger partial charge < -0.3 is 10.2 Å². The van der Waals surface area contributed by atoms with E-state index in [1.807, 2.05) is 11.3 Å². The van der Waals surface area contributed by atoms with Crippen molar-refractivity contribution in [1.82, 2.24) is 5.32 Å². The van der Waals surface area contributed by atoms with Crippen LogP contribution < -0.4 is 10.2 Å². The van der Waals surface area contributed by atoms with Gasteiger partial charge in [0.05, 0.1) is 5.56 Å². The predicted molar refractivity (Wildman–Crippen MR) is 77.2 cm³/mol. The van der Waals surface area contributed by atoms with Crippen LogP contribution in [0.15, 0.2) is 0 Å². The normalized spacial score (nSPS) is 14.1. The fourth-order valence-electron chi connectivity index (χ4n) is 2.51. The molecule has 1 aliphatic heterocycles. The molecule has 1 aliphatic rings. The van der Waals surface area contributed by atoms with Crippen LogP contribution in [0.3, 0.4) is 0 Å². The molecule has 1 aromatic heterocycles. The Hall–Kier alpha value is -1.05. The van der Waals surface area contributed by atoms with Gasteiger partial charge in [-0.25, -0.2) is 0 Å². The smallest absolute Gasteiger partial charge is 0.110 e. The van der Waals surface area contributed by atoms with Gasteiger partial charge in [-0.15, -0.1) is 11.3 Å². The van der Waals surface area contributed by atoms with E-state index in [1.54, 1.807) is 0 Å². The average molecular weight is 263 g/mol. The zero-order valence-corrected chi connectivity index (χ0v) is 12.1. The molecular formula is C14H21N3S. The van der Waals surface area contributed by atoms with Gasteiger partial charge in [0.2, 0.25) is 0 Å². The van der Waals surface area contributed by atoms with E-state index in [2.05, 4.69) is 30.1 Å². The van der Waals surface area contributed by atoms with Crippen molar-refractivity contribution >= 4 is 16.3 Å². The molecule has 0 saturated carbocycles. The van der Waals surface area contributed by atoms with Crippen LogP contribution in [0.4, 0.5) is 5.00 Å². The third-order valence-corrected chi connectivity index (χ3v) is 4.59. The Balaban J connectivity index is 2.36. The summed E-state index contributed by atoms with van der Waals surface area (Å²) in [5.41, 5.74) is 2.24. The van der Waals surface area contributed by atoms with Crippen molar-refractivity contribution in [2.45, 2.75) is 39.7 Å². The molecule has 1 N–H and O–H groups in total. The first-order valence-corrected chi connectivity index (χ1v) is 7.63. The number of fused-ring (bicyclic) bond motifs is 1. The summed E-state index contributed by atoms with van der Waals surface area (Å²) in [6.07, 6.45) is 3.26. The minimum absolute atomic E-state index is 0.931. The van der Waals surface area contributed by atoms with Gasteiger partial charge in [-0.1, -0.05) is 13.8 Å². The highest BCUT2D eigenvalue weighted by Gasteiger charge is 2.23. The van der Waals surface area contributed by atoms with Crippen molar-refractivity contribution in [3.8, 4) is 6.07 Å². The van der Waals surface area contributed by atoms with E-state index in [1.165, 1.54) is 15.4 Å². The number of hydrogen-bond donors (Lipinski definition) is 1. The summed E-state index contributed by atoms with van der Waals surface area (Å²) < 4.78 is 0. The van der Waals surface area contributed by atoms with Gasteiger partial charge in [0, 0.05) is 24.5 Å². The number of thiophene rings is 1. The Labute approximate surface area is 113 Å². The molecule has 0 bridgehead atoms. The molecule has 0 radical (unpaired) electrons. The third kappa shape index (κ3) is 2.52. The van der Waals surface area contributed by atoms with Crippen LogP contribution >= 0.6 is 11.3 Å². The van der Waals surface area contributed by atoms with Gasteiger partial charge in [0.1, 0.15) is 11.1 Å². The minimum atomic E-state index is 0.931. The van der Waals surface area contributed by atoms with Crippen LogP contribution in [0.5, 0.6) is 0 Å². The highest BCUT2D eigenvalue weighted by Crippen LogP contribution is 2.37. The molecule has 3 nitrogen and oxygen atoms in total. The number of rotatable bonds is 5. The van der Waals surface area contributed by atoms with E-state index < -0.39 is 0 Å². The predicted octanol–water partition coefficient (Wildman–Crippen LogP) is 2.89. The van der Waals surface area contributed by atoms with E-state index in [0.717, 1.165) is 51.0 Å². The lowest BCUT2D eigenvalue weighted by atomic mass is 10.0. The maximum absolute atomic E-state index is 9.46. The van der Waals surface area contributed by atoms with Crippen molar-refractivity contribution in [1.29, 1.82) is 5.26 Å². The third-order valence-electron chi connectivity index (χ3n) is 3.30. The Morgan fingerprint density at radius 3 is 2.67 bits per heavy atom. The van der Waals surface area contributed by atoms with E-state index in [9.17, 15) is 5.26 Å². The zero-order valence-electron chi connectivity index (χ0n) is 11.3. The molecule has 4 heteroatoms. The highest BCUT2D eigenvalue weighted by atomic mass is 32.1. The van der Waals surface area contributed by atoms with Crippen molar-refractivity contribution < 1.29 is 0 Å².